The number of carbonyl (C=O) groups is 2. The van der Waals surface area contributed by atoms with Crippen LogP contribution in [0, 0.1) is 0 Å². The van der Waals surface area contributed by atoms with Gasteiger partial charge in [-0.3, -0.25) is 14.5 Å². The zero-order valence-electron chi connectivity index (χ0n) is 15.8. The summed E-state index contributed by atoms with van der Waals surface area (Å²) < 4.78 is 1.48. The molecule has 0 atom stereocenters. The molecule has 1 aliphatic rings. The highest BCUT2D eigenvalue weighted by atomic mass is 16.2. The molecule has 4 rings (SSSR count). The van der Waals surface area contributed by atoms with E-state index in [0.29, 0.717) is 44.0 Å². The molecule has 2 heterocycles. The third-order valence-corrected chi connectivity index (χ3v) is 4.81. The van der Waals surface area contributed by atoms with E-state index in [9.17, 15) is 9.59 Å². The van der Waals surface area contributed by atoms with E-state index in [1.165, 1.54) is 11.0 Å². The molecule has 9 nitrogen and oxygen atoms in total. The fourth-order valence-corrected chi connectivity index (χ4v) is 3.33. The molecule has 148 valence electrons. The van der Waals surface area contributed by atoms with Gasteiger partial charge < -0.3 is 10.2 Å². The van der Waals surface area contributed by atoms with Gasteiger partial charge in [-0.2, -0.15) is 4.68 Å². The predicted molar refractivity (Wildman–Crippen MR) is 107 cm³/mol. The SMILES string of the molecule is O=C(CN1CCN(C(=O)c2ccccc2-n2cnnn2)CC1)Nc1ccccc1. The van der Waals surface area contributed by atoms with Crippen molar-refractivity contribution in [1.29, 1.82) is 0 Å². The van der Waals surface area contributed by atoms with Crippen LogP contribution in [0.5, 0.6) is 0 Å². The van der Waals surface area contributed by atoms with Crippen molar-refractivity contribution in [2.24, 2.45) is 0 Å². The number of rotatable bonds is 5. The molecule has 0 radical (unpaired) electrons. The number of tetrazole rings is 1. The maximum Gasteiger partial charge on any atom is 0.256 e. The van der Waals surface area contributed by atoms with Crippen molar-refractivity contribution in [1.82, 2.24) is 30.0 Å². The number of hydrogen-bond acceptors (Lipinski definition) is 6. The van der Waals surface area contributed by atoms with Gasteiger partial charge in [0.2, 0.25) is 5.91 Å². The van der Waals surface area contributed by atoms with E-state index in [-0.39, 0.29) is 11.8 Å². The first kappa shape index (κ1) is 18.8. The van der Waals surface area contributed by atoms with Crippen LogP contribution >= 0.6 is 0 Å². The summed E-state index contributed by atoms with van der Waals surface area (Å²) in [7, 11) is 0. The number of anilines is 1. The Kier molecular flexibility index (Phi) is 5.57. The number of hydrogen-bond donors (Lipinski definition) is 1. The molecule has 1 fully saturated rings. The van der Waals surface area contributed by atoms with Gasteiger partial charge in [-0.05, 0) is 34.7 Å². The summed E-state index contributed by atoms with van der Waals surface area (Å²) in [4.78, 5) is 29.1. The topological polar surface area (TPSA) is 96.3 Å². The average molecular weight is 391 g/mol. The van der Waals surface area contributed by atoms with Crippen LogP contribution < -0.4 is 5.32 Å². The van der Waals surface area contributed by atoms with Crippen molar-refractivity contribution in [3.05, 3.63) is 66.5 Å². The normalized spacial score (nSPS) is 14.6. The lowest BCUT2D eigenvalue weighted by Crippen LogP contribution is -2.50. The van der Waals surface area contributed by atoms with Crippen LogP contribution in [0.3, 0.4) is 0 Å². The number of para-hydroxylation sites is 2. The molecule has 2 aromatic carbocycles. The van der Waals surface area contributed by atoms with E-state index in [1.807, 2.05) is 48.5 Å². The maximum atomic E-state index is 13.0. The number of amides is 2. The molecule has 0 bridgehead atoms. The molecule has 1 saturated heterocycles. The Bertz CT molecular complexity index is 968. The van der Waals surface area contributed by atoms with E-state index in [2.05, 4.69) is 25.7 Å². The van der Waals surface area contributed by atoms with Crippen LogP contribution in [0.1, 0.15) is 10.4 Å². The van der Waals surface area contributed by atoms with Crippen LogP contribution in [-0.2, 0) is 4.79 Å². The highest BCUT2D eigenvalue weighted by Gasteiger charge is 2.25. The highest BCUT2D eigenvalue weighted by Crippen LogP contribution is 2.16. The third kappa shape index (κ3) is 4.46. The van der Waals surface area contributed by atoms with E-state index in [4.69, 9.17) is 0 Å². The van der Waals surface area contributed by atoms with Gasteiger partial charge in [-0.1, -0.05) is 30.3 Å². The Hall–Kier alpha value is -3.59. The molecule has 9 heteroatoms. The van der Waals surface area contributed by atoms with Gasteiger partial charge in [0.1, 0.15) is 6.33 Å². The first-order valence-corrected chi connectivity index (χ1v) is 9.39. The third-order valence-electron chi connectivity index (χ3n) is 4.81. The van der Waals surface area contributed by atoms with Gasteiger partial charge in [0.25, 0.3) is 5.91 Å². The lowest BCUT2D eigenvalue weighted by Gasteiger charge is -2.34. The van der Waals surface area contributed by atoms with Gasteiger partial charge >= 0.3 is 0 Å². The van der Waals surface area contributed by atoms with Crippen LogP contribution in [0.2, 0.25) is 0 Å². The van der Waals surface area contributed by atoms with Crippen molar-refractivity contribution in [3.8, 4) is 5.69 Å². The molecule has 0 unspecified atom stereocenters. The van der Waals surface area contributed by atoms with Gasteiger partial charge in [0, 0.05) is 31.9 Å². The smallest absolute Gasteiger partial charge is 0.256 e. The number of piperazine rings is 1. The second kappa shape index (κ2) is 8.61. The molecule has 0 saturated carbocycles. The Morgan fingerprint density at radius 1 is 0.931 bits per heavy atom. The highest BCUT2D eigenvalue weighted by molar-refractivity contribution is 5.98. The summed E-state index contributed by atoms with van der Waals surface area (Å²) in [5.41, 5.74) is 1.98. The monoisotopic (exact) mass is 391 g/mol. The molecule has 3 aromatic rings. The molecule has 1 aromatic heterocycles. The molecule has 1 N–H and O–H groups in total. The minimum Gasteiger partial charge on any atom is -0.336 e. The molecule has 2 amide bonds. The summed E-state index contributed by atoms with van der Waals surface area (Å²) in [6.45, 7) is 2.70. The second-order valence-corrected chi connectivity index (χ2v) is 6.75. The summed E-state index contributed by atoms with van der Waals surface area (Å²) in [5, 5.41) is 14.1. The second-order valence-electron chi connectivity index (χ2n) is 6.75. The number of nitrogens with zero attached hydrogens (tertiary/aromatic N) is 6. The van der Waals surface area contributed by atoms with Crippen molar-refractivity contribution < 1.29 is 9.59 Å². The summed E-state index contributed by atoms with van der Waals surface area (Å²) >= 11 is 0. The zero-order valence-corrected chi connectivity index (χ0v) is 15.8. The quantitative estimate of drug-likeness (QED) is 0.699. The molecular formula is C20H21N7O2. The Labute approximate surface area is 167 Å². The van der Waals surface area contributed by atoms with E-state index >= 15 is 0 Å². The van der Waals surface area contributed by atoms with Gasteiger partial charge in [-0.25, -0.2) is 0 Å². The van der Waals surface area contributed by atoms with Gasteiger partial charge in [-0.15, -0.1) is 5.10 Å². The van der Waals surface area contributed by atoms with Gasteiger partial charge in [0.15, 0.2) is 0 Å². The zero-order chi connectivity index (χ0) is 20.1. The standard InChI is InChI=1S/C20H21N7O2/c28-19(22-16-6-2-1-3-7-16)14-25-10-12-26(13-11-25)20(29)17-8-4-5-9-18(17)27-15-21-23-24-27/h1-9,15H,10-14H2,(H,22,28). The first-order chi connectivity index (χ1) is 14.2. The van der Waals surface area contributed by atoms with Crippen molar-refractivity contribution in [3.63, 3.8) is 0 Å². The van der Waals surface area contributed by atoms with E-state index < -0.39 is 0 Å². The summed E-state index contributed by atoms with van der Waals surface area (Å²) in [6, 6.07) is 16.6. The molecule has 0 aliphatic carbocycles. The average Bonchev–Trinajstić information content (AvgIpc) is 3.29. The van der Waals surface area contributed by atoms with Crippen LogP contribution in [0.25, 0.3) is 5.69 Å². The number of aromatic nitrogens is 4. The minimum absolute atomic E-state index is 0.0556. The van der Waals surface area contributed by atoms with Crippen LogP contribution in [0.15, 0.2) is 60.9 Å². The Morgan fingerprint density at radius 3 is 2.38 bits per heavy atom. The van der Waals surface area contributed by atoms with Crippen LogP contribution in [-0.4, -0.2) is 74.5 Å². The molecule has 29 heavy (non-hydrogen) atoms. The Balaban J connectivity index is 1.34. The summed E-state index contributed by atoms with van der Waals surface area (Å²) in [5.74, 6) is -0.121. The van der Waals surface area contributed by atoms with Crippen molar-refractivity contribution in [2.45, 2.75) is 0 Å². The maximum absolute atomic E-state index is 13.0. The minimum atomic E-state index is -0.0653. The lowest BCUT2D eigenvalue weighted by atomic mass is 10.1. The van der Waals surface area contributed by atoms with Crippen molar-refractivity contribution >= 4 is 17.5 Å². The Morgan fingerprint density at radius 2 is 1.66 bits per heavy atom. The van der Waals surface area contributed by atoms with Crippen LogP contribution in [0.4, 0.5) is 5.69 Å². The molecule has 0 spiro atoms. The van der Waals surface area contributed by atoms with Gasteiger partial charge in [0.05, 0.1) is 17.8 Å². The lowest BCUT2D eigenvalue weighted by molar-refractivity contribution is -0.117. The largest absolute Gasteiger partial charge is 0.336 e. The van der Waals surface area contributed by atoms with Crippen molar-refractivity contribution in [2.75, 3.05) is 38.0 Å². The predicted octanol–water partition coefficient (Wildman–Crippen LogP) is 1.06. The fourth-order valence-electron chi connectivity index (χ4n) is 3.33. The fraction of sp³-hybridized carbons (Fsp3) is 0.250. The molecule has 1 aliphatic heterocycles. The summed E-state index contributed by atoms with van der Waals surface area (Å²) in [6.07, 6.45) is 1.47. The number of nitrogens with one attached hydrogen (secondary N) is 1. The molecular weight excluding hydrogens is 370 g/mol. The first-order valence-electron chi connectivity index (χ1n) is 9.39. The number of benzene rings is 2. The van der Waals surface area contributed by atoms with E-state index in [1.54, 1.807) is 11.0 Å². The van der Waals surface area contributed by atoms with E-state index in [0.717, 1.165) is 5.69 Å². The number of carbonyl (C=O) groups excluding carboxylic acids is 2.